The molecule has 2 heterocycles. The van der Waals surface area contributed by atoms with Crippen LogP contribution in [0.4, 0.5) is 0 Å². The Kier molecular flexibility index (Phi) is 7.80. The highest BCUT2D eigenvalue weighted by atomic mass is 15.2. The van der Waals surface area contributed by atoms with E-state index < -0.39 is 0 Å². The van der Waals surface area contributed by atoms with Gasteiger partial charge in [-0.1, -0.05) is 0 Å². The van der Waals surface area contributed by atoms with E-state index in [0.717, 1.165) is 24.7 Å². The van der Waals surface area contributed by atoms with E-state index in [-0.39, 0.29) is 0 Å². The van der Waals surface area contributed by atoms with Crippen molar-refractivity contribution in [2.24, 2.45) is 0 Å². The molecule has 4 nitrogen and oxygen atoms in total. The second-order valence-corrected chi connectivity index (χ2v) is 8.10. The molecule has 1 N–H and O–H groups in total. The third kappa shape index (κ3) is 5.70. The molecule has 0 spiro atoms. The summed E-state index contributed by atoms with van der Waals surface area (Å²) in [7, 11) is 2.28. The fourth-order valence-electron chi connectivity index (χ4n) is 4.19. The van der Waals surface area contributed by atoms with E-state index in [4.69, 9.17) is 0 Å². The lowest BCUT2D eigenvalue weighted by molar-refractivity contribution is 0.134. The molecular weight excluding hydrogens is 284 g/mol. The molecule has 2 aliphatic heterocycles. The van der Waals surface area contributed by atoms with Crippen LogP contribution in [-0.4, -0.2) is 85.2 Å². The van der Waals surface area contributed by atoms with Gasteiger partial charge in [0.2, 0.25) is 0 Å². The first-order valence-corrected chi connectivity index (χ1v) is 9.89. The number of rotatable bonds is 5. The molecule has 0 aliphatic carbocycles. The molecule has 1 unspecified atom stereocenters. The molecular formula is C19H40N4. The highest BCUT2D eigenvalue weighted by Gasteiger charge is 2.25. The van der Waals surface area contributed by atoms with Gasteiger partial charge in [0.05, 0.1) is 0 Å². The molecule has 0 amide bonds. The predicted octanol–water partition coefficient (Wildman–Crippen LogP) is 2.25. The Morgan fingerprint density at radius 1 is 1.00 bits per heavy atom. The molecule has 4 heteroatoms. The van der Waals surface area contributed by atoms with Crippen molar-refractivity contribution in [1.82, 2.24) is 20.0 Å². The molecule has 3 atom stereocenters. The maximum Gasteiger partial charge on any atom is 0.0112 e. The number of nitrogens with zero attached hydrogens (tertiary/aromatic N) is 3. The minimum absolute atomic E-state index is 0.669. The summed E-state index contributed by atoms with van der Waals surface area (Å²) in [5, 5.41) is 3.57. The van der Waals surface area contributed by atoms with Gasteiger partial charge in [-0.2, -0.15) is 0 Å². The first-order chi connectivity index (χ1) is 11.0. The van der Waals surface area contributed by atoms with Crippen LogP contribution in [0, 0.1) is 0 Å². The molecule has 2 rings (SSSR count). The van der Waals surface area contributed by atoms with Crippen LogP contribution < -0.4 is 5.32 Å². The Balaban J connectivity index is 1.83. The molecule has 0 aromatic heterocycles. The van der Waals surface area contributed by atoms with E-state index in [2.05, 4.69) is 54.8 Å². The normalized spacial score (nSPS) is 31.0. The Bertz CT molecular complexity index is 321. The topological polar surface area (TPSA) is 21.8 Å². The van der Waals surface area contributed by atoms with Crippen molar-refractivity contribution in [3.63, 3.8) is 0 Å². The van der Waals surface area contributed by atoms with Gasteiger partial charge in [-0.05, 0) is 73.5 Å². The van der Waals surface area contributed by atoms with Crippen LogP contribution in [0.2, 0.25) is 0 Å². The highest BCUT2D eigenvalue weighted by molar-refractivity contribution is 4.82. The molecule has 0 radical (unpaired) electrons. The predicted molar refractivity (Wildman–Crippen MR) is 100 cm³/mol. The van der Waals surface area contributed by atoms with Crippen LogP contribution in [-0.2, 0) is 0 Å². The highest BCUT2D eigenvalue weighted by Crippen LogP contribution is 2.20. The molecule has 0 bridgehead atoms. The van der Waals surface area contributed by atoms with E-state index in [0.29, 0.717) is 6.04 Å². The summed E-state index contributed by atoms with van der Waals surface area (Å²) < 4.78 is 0. The van der Waals surface area contributed by atoms with Crippen molar-refractivity contribution in [2.75, 3.05) is 46.3 Å². The lowest BCUT2D eigenvalue weighted by atomic mass is 10.0. The number of hydrogen-bond acceptors (Lipinski definition) is 4. The summed E-state index contributed by atoms with van der Waals surface area (Å²) in [6.07, 6.45) is 5.31. The molecule has 0 saturated carbocycles. The molecule has 0 aromatic carbocycles. The van der Waals surface area contributed by atoms with Gasteiger partial charge < -0.3 is 10.2 Å². The van der Waals surface area contributed by atoms with Crippen LogP contribution in [0.5, 0.6) is 0 Å². The minimum Gasteiger partial charge on any atom is -0.315 e. The second-order valence-electron chi connectivity index (χ2n) is 8.10. The number of likely N-dealkylation sites (N-methyl/N-ethyl adjacent to an activating group) is 1. The SMILES string of the molecule is CC(CC[C@H]1CCNCCN1C(C)C)N1CC[C@H](C)N(C)CC1. The summed E-state index contributed by atoms with van der Waals surface area (Å²) >= 11 is 0. The fraction of sp³-hybridized carbons (Fsp3) is 1.00. The van der Waals surface area contributed by atoms with Crippen LogP contribution >= 0.6 is 0 Å². The van der Waals surface area contributed by atoms with Crippen LogP contribution in [0.1, 0.15) is 53.4 Å². The first-order valence-electron chi connectivity index (χ1n) is 9.89. The average molecular weight is 325 g/mol. The zero-order valence-electron chi connectivity index (χ0n) is 16.2. The fourth-order valence-corrected chi connectivity index (χ4v) is 4.19. The van der Waals surface area contributed by atoms with E-state index in [1.165, 1.54) is 58.4 Å². The standard InChI is InChI=1S/C19H40N4/c1-16(2)23-13-11-20-10-8-19(23)7-6-18(4)22-12-9-17(3)21(5)14-15-22/h16-20H,6-15H2,1-5H3/t17-,18?,19-/m0/s1. The smallest absolute Gasteiger partial charge is 0.0112 e. The molecule has 23 heavy (non-hydrogen) atoms. The van der Waals surface area contributed by atoms with Gasteiger partial charge in [0.25, 0.3) is 0 Å². The van der Waals surface area contributed by atoms with Crippen LogP contribution in [0.3, 0.4) is 0 Å². The third-order valence-corrected chi connectivity index (χ3v) is 6.20. The van der Waals surface area contributed by atoms with Crippen molar-refractivity contribution < 1.29 is 0 Å². The largest absolute Gasteiger partial charge is 0.315 e. The Morgan fingerprint density at radius 3 is 2.52 bits per heavy atom. The number of hydrogen-bond donors (Lipinski definition) is 1. The van der Waals surface area contributed by atoms with Gasteiger partial charge in [-0.15, -0.1) is 0 Å². The molecule has 2 fully saturated rings. The molecule has 2 aliphatic rings. The Hall–Kier alpha value is -0.160. The quantitative estimate of drug-likeness (QED) is 0.837. The van der Waals surface area contributed by atoms with E-state index in [9.17, 15) is 0 Å². The van der Waals surface area contributed by atoms with Gasteiger partial charge in [0, 0.05) is 50.3 Å². The summed E-state index contributed by atoms with van der Waals surface area (Å²) in [5.41, 5.74) is 0. The zero-order chi connectivity index (χ0) is 16.8. The second kappa shape index (κ2) is 9.36. The van der Waals surface area contributed by atoms with Gasteiger partial charge in [-0.25, -0.2) is 0 Å². The summed E-state index contributed by atoms with van der Waals surface area (Å²) in [4.78, 5) is 7.98. The van der Waals surface area contributed by atoms with E-state index in [1.807, 2.05) is 0 Å². The van der Waals surface area contributed by atoms with Gasteiger partial charge >= 0.3 is 0 Å². The van der Waals surface area contributed by atoms with Crippen molar-refractivity contribution in [1.29, 1.82) is 0 Å². The van der Waals surface area contributed by atoms with Gasteiger partial charge in [0.15, 0.2) is 0 Å². The van der Waals surface area contributed by atoms with Gasteiger partial charge in [-0.3, -0.25) is 9.80 Å². The van der Waals surface area contributed by atoms with Crippen LogP contribution in [0.15, 0.2) is 0 Å². The third-order valence-electron chi connectivity index (χ3n) is 6.20. The minimum atomic E-state index is 0.669. The summed E-state index contributed by atoms with van der Waals surface area (Å²) in [5.74, 6) is 0. The van der Waals surface area contributed by atoms with E-state index >= 15 is 0 Å². The lowest BCUT2D eigenvalue weighted by Gasteiger charge is -2.35. The van der Waals surface area contributed by atoms with Crippen molar-refractivity contribution in [3.8, 4) is 0 Å². The Morgan fingerprint density at radius 2 is 1.78 bits per heavy atom. The van der Waals surface area contributed by atoms with Crippen molar-refractivity contribution in [3.05, 3.63) is 0 Å². The summed E-state index contributed by atoms with van der Waals surface area (Å²) in [6, 6.07) is 2.89. The van der Waals surface area contributed by atoms with Crippen molar-refractivity contribution >= 4 is 0 Å². The lowest BCUT2D eigenvalue weighted by Crippen LogP contribution is -2.43. The molecule has 0 aromatic rings. The monoisotopic (exact) mass is 324 g/mol. The zero-order valence-corrected chi connectivity index (χ0v) is 16.2. The van der Waals surface area contributed by atoms with Crippen molar-refractivity contribution in [2.45, 2.75) is 77.5 Å². The van der Waals surface area contributed by atoms with Crippen LogP contribution in [0.25, 0.3) is 0 Å². The number of nitrogens with one attached hydrogen (secondary N) is 1. The Labute approximate surface area is 144 Å². The molecule has 2 saturated heterocycles. The molecule has 136 valence electrons. The van der Waals surface area contributed by atoms with Gasteiger partial charge in [0.1, 0.15) is 0 Å². The maximum absolute atomic E-state index is 3.57. The maximum atomic E-state index is 3.57. The van der Waals surface area contributed by atoms with E-state index in [1.54, 1.807) is 0 Å². The first kappa shape index (κ1) is 19.2. The summed E-state index contributed by atoms with van der Waals surface area (Å²) in [6.45, 7) is 16.8. The average Bonchev–Trinajstić information content (AvgIpc) is 2.85.